The summed E-state index contributed by atoms with van der Waals surface area (Å²) in [6, 6.07) is 10.3. The second kappa shape index (κ2) is 9.85. The van der Waals surface area contributed by atoms with Crippen molar-refractivity contribution in [3.05, 3.63) is 40.9 Å². The molecule has 144 valence electrons. The van der Waals surface area contributed by atoms with E-state index in [0.29, 0.717) is 11.7 Å². The number of hydrogen-bond donors (Lipinski definition) is 1. The van der Waals surface area contributed by atoms with Crippen LogP contribution < -0.4 is 5.32 Å². The zero-order chi connectivity index (χ0) is 19.1. The van der Waals surface area contributed by atoms with Crippen molar-refractivity contribution in [2.45, 2.75) is 37.7 Å². The number of unbranched alkanes of at least 4 members (excludes halogenated alkanes) is 1. The van der Waals surface area contributed by atoms with Crippen molar-refractivity contribution in [3.8, 4) is 0 Å². The average molecular weight is 405 g/mol. The van der Waals surface area contributed by atoms with Gasteiger partial charge < -0.3 is 10.2 Å². The van der Waals surface area contributed by atoms with Gasteiger partial charge >= 0.3 is 0 Å². The molecule has 1 unspecified atom stereocenters. The molecule has 0 spiro atoms. The number of thioether (sulfide) groups is 1. The first-order valence-corrected chi connectivity index (χ1v) is 11.2. The van der Waals surface area contributed by atoms with Crippen LogP contribution in [0.2, 0.25) is 0 Å². The Hall–Kier alpha value is -1.93. The van der Waals surface area contributed by atoms with Crippen molar-refractivity contribution in [3.63, 3.8) is 0 Å². The normalized spacial score (nSPS) is 16.7. The fourth-order valence-electron chi connectivity index (χ4n) is 2.91. The summed E-state index contributed by atoms with van der Waals surface area (Å²) in [5.74, 6) is 1.31. The van der Waals surface area contributed by atoms with Gasteiger partial charge in [-0.1, -0.05) is 55.0 Å². The highest BCUT2D eigenvalue weighted by Gasteiger charge is 2.34. The van der Waals surface area contributed by atoms with Crippen LogP contribution in [0.1, 0.15) is 36.8 Å². The quantitative estimate of drug-likeness (QED) is 0.692. The fraction of sp³-hybridized carbons (Fsp3) is 0.474. The molecule has 3 rings (SSSR count). The van der Waals surface area contributed by atoms with Crippen molar-refractivity contribution in [1.82, 2.24) is 15.1 Å². The number of carbonyl (C=O) groups is 2. The minimum atomic E-state index is -0.297. The Bertz CT molecular complexity index is 766. The van der Waals surface area contributed by atoms with Crippen molar-refractivity contribution in [1.29, 1.82) is 0 Å². The van der Waals surface area contributed by atoms with Crippen LogP contribution in [0.25, 0.3) is 0 Å². The van der Waals surface area contributed by atoms with E-state index in [2.05, 4.69) is 34.6 Å². The summed E-state index contributed by atoms with van der Waals surface area (Å²) in [4.78, 5) is 26.2. The molecular formula is C19H24N4O2S2. The van der Waals surface area contributed by atoms with Gasteiger partial charge in [0.15, 0.2) is 0 Å². The Morgan fingerprint density at radius 3 is 2.89 bits per heavy atom. The van der Waals surface area contributed by atoms with Gasteiger partial charge in [0.2, 0.25) is 16.9 Å². The minimum absolute atomic E-state index is 0.0684. The Kier molecular flexibility index (Phi) is 7.23. The van der Waals surface area contributed by atoms with Crippen LogP contribution in [-0.2, 0) is 21.1 Å². The van der Waals surface area contributed by atoms with Gasteiger partial charge in [-0.2, -0.15) is 0 Å². The number of rotatable bonds is 9. The summed E-state index contributed by atoms with van der Waals surface area (Å²) in [6.45, 7) is 3.33. The summed E-state index contributed by atoms with van der Waals surface area (Å²) in [5, 5.41) is 12.4. The van der Waals surface area contributed by atoms with Crippen molar-refractivity contribution in [2.24, 2.45) is 5.92 Å². The molecule has 1 saturated heterocycles. The second-order valence-electron chi connectivity index (χ2n) is 6.56. The zero-order valence-corrected chi connectivity index (χ0v) is 17.0. The van der Waals surface area contributed by atoms with Gasteiger partial charge in [-0.15, -0.1) is 22.0 Å². The van der Waals surface area contributed by atoms with Crippen LogP contribution in [0, 0.1) is 5.92 Å². The highest BCUT2D eigenvalue weighted by molar-refractivity contribution is 7.97. The van der Waals surface area contributed by atoms with E-state index < -0.39 is 0 Å². The van der Waals surface area contributed by atoms with Crippen molar-refractivity contribution < 1.29 is 9.59 Å². The molecule has 27 heavy (non-hydrogen) atoms. The Morgan fingerprint density at radius 2 is 2.11 bits per heavy atom. The Labute approximate surface area is 167 Å². The molecule has 1 aromatic heterocycles. The van der Waals surface area contributed by atoms with E-state index >= 15 is 0 Å². The molecule has 6 nitrogen and oxygen atoms in total. The number of anilines is 1. The predicted molar refractivity (Wildman–Crippen MR) is 110 cm³/mol. The predicted octanol–water partition coefficient (Wildman–Crippen LogP) is 3.56. The third-order valence-electron chi connectivity index (χ3n) is 4.40. The summed E-state index contributed by atoms with van der Waals surface area (Å²) < 4.78 is 0. The lowest BCUT2D eigenvalue weighted by Crippen LogP contribution is -2.29. The smallest absolute Gasteiger partial charge is 0.231 e. The van der Waals surface area contributed by atoms with Crippen LogP contribution in [0.5, 0.6) is 0 Å². The number of carbonyl (C=O) groups excluding carboxylic acids is 2. The molecule has 8 heteroatoms. The van der Waals surface area contributed by atoms with E-state index in [4.69, 9.17) is 0 Å². The summed E-state index contributed by atoms with van der Waals surface area (Å²) in [7, 11) is 0. The Balaban J connectivity index is 1.44. The van der Waals surface area contributed by atoms with E-state index in [1.165, 1.54) is 16.9 Å². The standard InChI is InChI=1S/C19H24N4O2S2/c1-2-3-9-23-11-15(10-17(23)24)18(25)20-19-22-21-16(27-19)13-26-12-14-7-5-4-6-8-14/h4-8,15H,2-3,9-13H2,1H3,(H,20,22,25). The molecule has 1 aliphatic heterocycles. The summed E-state index contributed by atoms with van der Waals surface area (Å²) in [5.41, 5.74) is 1.28. The van der Waals surface area contributed by atoms with Crippen LogP contribution in [0.15, 0.2) is 30.3 Å². The van der Waals surface area contributed by atoms with Gasteiger partial charge in [0.25, 0.3) is 0 Å². The topological polar surface area (TPSA) is 75.2 Å². The molecule has 2 amide bonds. The van der Waals surface area contributed by atoms with Crippen molar-refractivity contribution in [2.75, 3.05) is 18.4 Å². The largest absolute Gasteiger partial charge is 0.342 e. The molecule has 0 bridgehead atoms. The van der Waals surface area contributed by atoms with E-state index in [9.17, 15) is 9.59 Å². The zero-order valence-electron chi connectivity index (χ0n) is 15.4. The van der Waals surface area contributed by atoms with Crippen LogP contribution in [-0.4, -0.2) is 40.0 Å². The third kappa shape index (κ3) is 5.77. The van der Waals surface area contributed by atoms with E-state index in [-0.39, 0.29) is 24.2 Å². The maximum atomic E-state index is 12.4. The van der Waals surface area contributed by atoms with Gasteiger partial charge in [0, 0.05) is 31.0 Å². The van der Waals surface area contributed by atoms with Gasteiger partial charge in [-0.25, -0.2) is 0 Å². The molecule has 1 atom stereocenters. The maximum absolute atomic E-state index is 12.4. The summed E-state index contributed by atoms with van der Waals surface area (Å²) >= 11 is 3.17. The number of nitrogens with one attached hydrogen (secondary N) is 1. The third-order valence-corrected chi connectivity index (χ3v) is 6.44. The van der Waals surface area contributed by atoms with Crippen LogP contribution in [0.4, 0.5) is 5.13 Å². The highest BCUT2D eigenvalue weighted by Crippen LogP contribution is 2.24. The number of benzene rings is 1. The Morgan fingerprint density at radius 1 is 1.30 bits per heavy atom. The molecule has 1 aromatic carbocycles. The molecule has 2 aromatic rings. The average Bonchev–Trinajstić information content (AvgIpc) is 3.27. The molecule has 0 saturated carbocycles. The van der Waals surface area contributed by atoms with Crippen molar-refractivity contribution >= 4 is 40.0 Å². The number of amides is 2. The van der Waals surface area contributed by atoms with E-state index in [1.54, 1.807) is 16.7 Å². The van der Waals surface area contributed by atoms with E-state index in [0.717, 1.165) is 35.9 Å². The number of likely N-dealkylation sites (tertiary alicyclic amines) is 1. The first kappa shape index (κ1) is 19.8. The monoisotopic (exact) mass is 404 g/mol. The molecule has 0 radical (unpaired) electrons. The molecular weight excluding hydrogens is 380 g/mol. The lowest BCUT2D eigenvalue weighted by atomic mass is 10.1. The number of nitrogens with zero attached hydrogens (tertiary/aromatic N) is 3. The van der Waals surface area contributed by atoms with Gasteiger partial charge in [-0.05, 0) is 12.0 Å². The molecule has 0 aliphatic carbocycles. The highest BCUT2D eigenvalue weighted by atomic mass is 32.2. The first-order valence-electron chi connectivity index (χ1n) is 9.18. The molecule has 1 N–H and O–H groups in total. The van der Waals surface area contributed by atoms with E-state index in [1.807, 2.05) is 18.2 Å². The van der Waals surface area contributed by atoms with Crippen LogP contribution >= 0.6 is 23.1 Å². The minimum Gasteiger partial charge on any atom is -0.342 e. The fourth-order valence-corrected chi connectivity index (χ4v) is 4.70. The molecule has 1 aliphatic rings. The lowest BCUT2D eigenvalue weighted by molar-refractivity contribution is -0.128. The summed E-state index contributed by atoms with van der Waals surface area (Å²) in [6.07, 6.45) is 2.30. The van der Waals surface area contributed by atoms with Gasteiger partial charge in [0.1, 0.15) is 5.01 Å². The SMILES string of the molecule is CCCCN1CC(C(=O)Nc2nnc(CSCc3ccccc3)s2)CC1=O. The van der Waals surface area contributed by atoms with Gasteiger partial charge in [0.05, 0.1) is 5.92 Å². The molecule has 2 heterocycles. The maximum Gasteiger partial charge on any atom is 0.231 e. The second-order valence-corrected chi connectivity index (χ2v) is 8.61. The molecule has 1 fully saturated rings. The lowest BCUT2D eigenvalue weighted by Gasteiger charge is -2.15. The van der Waals surface area contributed by atoms with Gasteiger partial charge in [-0.3, -0.25) is 9.59 Å². The first-order chi connectivity index (χ1) is 13.2. The van der Waals surface area contributed by atoms with Crippen LogP contribution in [0.3, 0.4) is 0 Å². The number of hydrogen-bond acceptors (Lipinski definition) is 6. The number of aromatic nitrogens is 2.